The SMILES string of the molecule is C=C(c1nc(/C=C/CNC(=O)c2cnn(C)c2)cc2c(NC3CCNCCC3(F)F)cccc12)C(F)(F)F. The molecule has 1 unspecified atom stereocenters. The maximum absolute atomic E-state index is 14.7. The second-order valence-corrected chi connectivity index (χ2v) is 9.03. The van der Waals surface area contributed by atoms with Crippen molar-refractivity contribution in [3.8, 4) is 0 Å². The van der Waals surface area contributed by atoms with Gasteiger partial charge in [-0.15, -0.1) is 0 Å². The monoisotopic (exact) mass is 534 g/mol. The molecule has 1 saturated heterocycles. The van der Waals surface area contributed by atoms with Crippen molar-refractivity contribution in [2.75, 3.05) is 25.0 Å². The molecule has 0 aliphatic carbocycles. The number of anilines is 1. The van der Waals surface area contributed by atoms with Crippen LogP contribution in [0.3, 0.4) is 0 Å². The first kappa shape index (κ1) is 27.2. The van der Waals surface area contributed by atoms with Gasteiger partial charge in [0.1, 0.15) is 0 Å². The third-order valence-corrected chi connectivity index (χ3v) is 6.24. The molecule has 0 spiro atoms. The average molecular weight is 535 g/mol. The van der Waals surface area contributed by atoms with Crippen molar-refractivity contribution < 1.29 is 26.7 Å². The zero-order valence-corrected chi connectivity index (χ0v) is 20.6. The van der Waals surface area contributed by atoms with Crippen LogP contribution in [0.2, 0.25) is 0 Å². The Balaban J connectivity index is 1.66. The molecule has 0 saturated carbocycles. The van der Waals surface area contributed by atoms with Crippen LogP contribution in [-0.2, 0) is 7.05 Å². The number of carbonyl (C=O) groups excluding carboxylic acids is 1. The molecule has 7 nitrogen and oxygen atoms in total. The molecule has 3 aromatic rings. The summed E-state index contributed by atoms with van der Waals surface area (Å²) in [6.07, 6.45) is 0.971. The maximum Gasteiger partial charge on any atom is 0.417 e. The smallest absolute Gasteiger partial charge is 0.376 e. The number of carbonyl (C=O) groups is 1. The predicted molar refractivity (Wildman–Crippen MR) is 136 cm³/mol. The van der Waals surface area contributed by atoms with Crippen molar-refractivity contribution in [3.05, 3.63) is 66.3 Å². The Morgan fingerprint density at radius 1 is 1.29 bits per heavy atom. The number of benzene rings is 1. The molecule has 38 heavy (non-hydrogen) atoms. The normalized spacial score (nSPS) is 17.9. The molecule has 4 rings (SSSR count). The van der Waals surface area contributed by atoms with E-state index in [0.717, 1.165) is 0 Å². The van der Waals surface area contributed by atoms with Gasteiger partial charge in [0, 0.05) is 49.2 Å². The highest BCUT2D eigenvalue weighted by Crippen LogP contribution is 2.38. The first-order valence-corrected chi connectivity index (χ1v) is 11.9. The largest absolute Gasteiger partial charge is 0.417 e. The van der Waals surface area contributed by atoms with Gasteiger partial charge >= 0.3 is 6.18 Å². The number of rotatable bonds is 7. The molecule has 1 aliphatic heterocycles. The zero-order valence-electron chi connectivity index (χ0n) is 20.6. The van der Waals surface area contributed by atoms with Crippen LogP contribution in [0.15, 0.2) is 49.3 Å². The van der Waals surface area contributed by atoms with Gasteiger partial charge in [0.05, 0.1) is 34.8 Å². The Hall–Kier alpha value is -3.80. The van der Waals surface area contributed by atoms with Gasteiger partial charge in [-0.25, -0.2) is 13.8 Å². The van der Waals surface area contributed by atoms with Gasteiger partial charge in [-0.1, -0.05) is 24.8 Å². The predicted octanol–water partition coefficient (Wildman–Crippen LogP) is 4.79. The molecule has 12 heteroatoms. The Labute approximate surface area is 215 Å². The van der Waals surface area contributed by atoms with E-state index in [-0.39, 0.29) is 48.6 Å². The van der Waals surface area contributed by atoms with E-state index < -0.39 is 29.4 Å². The lowest BCUT2D eigenvalue weighted by Crippen LogP contribution is -2.39. The number of nitrogens with one attached hydrogen (secondary N) is 3. The van der Waals surface area contributed by atoms with Crippen LogP contribution in [0.4, 0.5) is 27.6 Å². The molecule has 3 heterocycles. The van der Waals surface area contributed by atoms with Gasteiger partial charge < -0.3 is 16.0 Å². The third-order valence-electron chi connectivity index (χ3n) is 6.24. The number of amides is 1. The van der Waals surface area contributed by atoms with E-state index in [2.05, 4.69) is 32.6 Å². The van der Waals surface area contributed by atoms with E-state index in [1.807, 2.05) is 0 Å². The number of aryl methyl sites for hydroxylation is 1. The van der Waals surface area contributed by atoms with Gasteiger partial charge in [-0.05, 0) is 31.2 Å². The molecule has 1 fully saturated rings. The molecule has 2 aromatic heterocycles. The average Bonchev–Trinajstić information content (AvgIpc) is 3.23. The highest BCUT2D eigenvalue weighted by Gasteiger charge is 2.40. The van der Waals surface area contributed by atoms with Crippen molar-refractivity contribution >= 4 is 34.0 Å². The molecule has 1 amide bonds. The fourth-order valence-corrected chi connectivity index (χ4v) is 4.22. The lowest BCUT2D eigenvalue weighted by Gasteiger charge is -2.27. The summed E-state index contributed by atoms with van der Waals surface area (Å²) in [5.41, 5.74) is -0.769. The minimum absolute atomic E-state index is 0.0736. The fraction of sp³-hybridized carbons (Fsp3) is 0.346. The highest BCUT2D eigenvalue weighted by molar-refractivity contribution is 6.01. The molecule has 1 atom stereocenters. The number of hydrogen-bond acceptors (Lipinski definition) is 5. The van der Waals surface area contributed by atoms with E-state index in [4.69, 9.17) is 0 Å². The van der Waals surface area contributed by atoms with Gasteiger partial charge in [-0.2, -0.15) is 18.3 Å². The van der Waals surface area contributed by atoms with Gasteiger partial charge in [-0.3, -0.25) is 9.48 Å². The van der Waals surface area contributed by atoms with E-state index >= 15 is 0 Å². The van der Waals surface area contributed by atoms with E-state index in [1.165, 1.54) is 41.2 Å². The summed E-state index contributed by atoms with van der Waals surface area (Å²) in [4.78, 5) is 16.3. The van der Waals surface area contributed by atoms with Gasteiger partial charge in [0.25, 0.3) is 11.8 Å². The number of aromatic nitrogens is 3. The molecule has 202 valence electrons. The fourth-order valence-electron chi connectivity index (χ4n) is 4.22. The first-order valence-electron chi connectivity index (χ1n) is 11.9. The van der Waals surface area contributed by atoms with Crippen LogP contribution in [0, 0.1) is 0 Å². The van der Waals surface area contributed by atoms with Crippen molar-refractivity contribution in [1.29, 1.82) is 0 Å². The first-order chi connectivity index (χ1) is 18.0. The number of allylic oxidation sites excluding steroid dienone is 1. The molecule has 0 radical (unpaired) electrons. The number of pyridine rings is 1. The topological polar surface area (TPSA) is 83.9 Å². The summed E-state index contributed by atoms with van der Waals surface area (Å²) >= 11 is 0. The minimum Gasteiger partial charge on any atom is -0.376 e. The van der Waals surface area contributed by atoms with Crippen molar-refractivity contribution in [1.82, 2.24) is 25.4 Å². The molecular formula is C26H27F5N6O. The van der Waals surface area contributed by atoms with Crippen LogP contribution >= 0.6 is 0 Å². The lowest BCUT2D eigenvalue weighted by atomic mass is 10.00. The van der Waals surface area contributed by atoms with E-state index in [0.29, 0.717) is 17.5 Å². The van der Waals surface area contributed by atoms with E-state index in [1.54, 1.807) is 19.3 Å². The van der Waals surface area contributed by atoms with Crippen molar-refractivity contribution in [2.45, 2.75) is 31.0 Å². The minimum atomic E-state index is -4.75. The van der Waals surface area contributed by atoms with Crippen molar-refractivity contribution in [2.24, 2.45) is 7.05 Å². The quantitative estimate of drug-likeness (QED) is 0.380. The summed E-state index contributed by atoms with van der Waals surface area (Å²) < 4.78 is 71.8. The maximum atomic E-state index is 14.7. The molecule has 1 aliphatic rings. The summed E-state index contributed by atoms with van der Waals surface area (Å²) in [6, 6.07) is 4.83. The van der Waals surface area contributed by atoms with Gasteiger partial charge in [0.15, 0.2) is 0 Å². The Kier molecular flexibility index (Phi) is 7.81. The second-order valence-electron chi connectivity index (χ2n) is 9.03. The Bertz CT molecular complexity index is 1360. The zero-order chi connectivity index (χ0) is 27.5. The standard InChI is InChI=1S/C26H27F5N6O/c1-16(26(29,30)31)23-19-6-3-7-21(36-22-8-11-32-12-9-25(22,27)28)20(19)13-18(35-23)5-4-10-33-24(38)17-14-34-37(2)15-17/h3-7,13-15,22,32,36H,1,8-12H2,2H3,(H,33,38)/b5-4+. The summed E-state index contributed by atoms with van der Waals surface area (Å²) in [6.45, 7) is 3.83. The van der Waals surface area contributed by atoms with Crippen molar-refractivity contribution in [3.63, 3.8) is 0 Å². The van der Waals surface area contributed by atoms with Crippen LogP contribution in [0.5, 0.6) is 0 Å². The van der Waals surface area contributed by atoms with Gasteiger partial charge in [0.2, 0.25) is 0 Å². The number of nitrogens with zero attached hydrogens (tertiary/aromatic N) is 3. The highest BCUT2D eigenvalue weighted by atomic mass is 19.4. The third kappa shape index (κ3) is 6.18. The Morgan fingerprint density at radius 3 is 2.79 bits per heavy atom. The molecule has 0 bridgehead atoms. The molecule has 3 N–H and O–H groups in total. The molecular weight excluding hydrogens is 507 g/mol. The van der Waals surface area contributed by atoms with Crippen LogP contribution < -0.4 is 16.0 Å². The second kappa shape index (κ2) is 10.9. The molecule has 1 aromatic carbocycles. The number of alkyl halides is 5. The van der Waals surface area contributed by atoms with Crippen LogP contribution in [0.25, 0.3) is 22.4 Å². The lowest BCUT2D eigenvalue weighted by molar-refractivity contribution is -0.0688. The summed E-state index contributed by atoms with van der Waals surface area (Å²) in [7, 11) is 1.67. The number of fused-ring (bicyclic) bond motifs is 1. The number of halogens is 5. The summed E-state index contributed by atoms with van der Waals surface area (Å²) in [5, 5.41) is 12.8. The van der Waals surface area contributed by atoms with Crippen LogP contribution in [0.1, 0.15) is 34.6 Å². The van der Waals surface area contributed by atoms with E-state index in [9.17, 15) is 26.7 Å². The summed E-state index contributed by atoms with van der Waals surface area (Å²) in [5.74, 6) is -3.38. The number of hydrogen-bond donors (Lipinski definition) is 3. The Morgan fingerprint density at radius 2 is 2.08 bits per heavy atom. The van der Waals surface area contributed by atoms with Crippen LogP contribution in [-0.4, -0.2) is 58.4 Å².